The summed E-state index contributed by atoms with van der Waals surface area (Å²) < 4.78 is 0. The Hall–Kier alpha value is -3.08. The summed E-state index contributed by atoms with van der Waals surface area (Å²) in [7, 11) is 0. The molecule has 3 aromatic rings. The lowest BCUT2D eigenvalue weighted by molar-refractivity contribution is 0.0747. The van der Waals surface area contributed by atoms with Crippen LogP contribution in [0.5, 0.6) is 0 Å². The first kappa shape index (κ1) is 17.3. The number of carbonyl (C=O) groups excluding carboxylic acids is 1. The van der Waals surface area contributed by atoms with Crippen LogP contribution in [0.2, 0.25) is 0 Å². The molecule has 0 unspecified atom stereocenters. The van der Waals surface area contributed by atoms with Crippen LogP contribution < -0.4 is 4.90 Å². The van der Waals surface area contributed by atoms with Crippen molar-refractivity contribution in [1.82, 2.24) is 15.1 Å². The summed E-state index contributed by atoms with van der Waals surface area (Å²) in [6, 6.07) is 16.3. The first-order chi connectivity index (χ1) is 13.1. The number of piperazine rings is 1. The van der Waals surface area contributed by atoms with Crippen LogP contribution in [0.3, 0.4) is 0 Å². The van der Waals surface area contributed by atoms with Crippen LogP contribution in [-0.4, -0.2) is 47.2 Å². The molecule has 0 aliphatic carbocycles. The summed E-state index contributed by atoms with van der Waals surface area (Å²) in [5, 5.41) is 7.10. The average molecular weight is 360 g/mol. The van der Waals surface area contributed by atoms with E-state index in [9.17, 15) is 4.79 Å². The summed E-state index contributed by atoms with van der Waals surface area (Å²) in [6.07, 6.45) is 1.64. The minimum Gasteiger partial charge on any atom is -0.368 e. The minimum atomic E-state index is 0.0446. The highest BCUT2D eigenvalue weighted by atomic mass is 16.2. The van der Waals surface area contributed by atoms with Gasteiger partial charge in [-0.25, -0.2) is 0 Å². The lowest BCUT2D eigenvalue weighted by atomic mass is 10.1. The van der Waals surface area contributed by atoms with E-state index in [0.29, 0.717) is 18.7 Å². The van der Waals surface area contributed by atoms with Gasteiger partial charge in [-0.15, -0.1) is 0 Å². The van der Waals surface area contributed by atoms with Gasteiger partial charge in [0.05, 0.1) is 17.5 Å². The van der Waals surface area contributed by atoms with Gasteiger partial charge in [0.25, 0.3) is 5.91 Å². The maximum atomic E-state index is 13.1. The Balaban J connectivity index is 1.49. The molecule has 5 heteroatoms. The van der Waals surface area contributed by atoms with E-state index in [1.165, 1.54) is 16.8 Å². The molecule has 2 heterocycles. The molecule has 1 fully saturated rings. The molecule has 0 radical (unpaired) electrons. The lowest BCUT2D eigenvalue weighted by Crippen LogP contribution is -2.49. The number of carbonyl (C=O) groups is 1. The summed E-state index contributed by atoms with van der Waals surface area (Å²) in [4.78, 5) is 17.4. The summed E-state index contributed by atoms with van der Waals surface area (Å²) >= 11 is 0. The Bertz CT molecular complexity index is 940. The summed E-state index contributed by atoms with van der Waals surface area (Å²) in [5.41, 5.74) is 6.30. The zero-order valence-corrected chi connectivity index (χ0v) is 15.8. The molecule has 0 bridgehead atoms. The molecule has 4 rings (SSSR count). The number of amides is 1. The van der Waals surface area contributed by atoms with Crippen molar-refractivity contribution in [3.63, 3.8) is 0 Å². The molecule has 2 aromatic carbocycles. The fraction of sp³-hybridized carbons (Fsp3) is 0.273. The van der Waals surface area contributed by atoms with Gasteiger partial charge in [-0.3, -0.25) is 9.89 Å². The number of nitrogens with zero attached hydrogens (tertiary/aromatic N) is 3. The normalized spacial score (nSPS) is 14.4. The van der Waals surface area contributed by atoms with Gasteiger partial charge in [-0.2, -0.15) is 5.10 Å². The molecule has 27 heavy (non-hydrogen) atoms. The molecular formula is C22H24N4O. The van der Waals surface area contributed by atoms with E-state index in [-0.39, 0.29) is 5.91 Å². The van der Waals surface area contributed by atoms with Gasteiger partial charge in [0.2, 0.25) is 0 Å². The van der Waals surface area contributed by atoms with Crippen molar-refractivity contribution in [3.8, 4) is 11.3 Å². The monoisotopic (exact) mass is 360 g/mol. The van der Waals surface area contributed by atoms with Crippen LogP contribution in [0.4, 0.5) is 5.69 Å². The van der Waals surface area contributed by atoms with Crippen LogP contribution in [0.1, 0.15) is 21.5 Å². The smallest absolute Gasteiger partial charge is 0.257 e. The van der Waals surface area contributed by atoms with Crippen molar-refractivity contribution in [1.29, 1.82) is 0 Å². The fourth-order valence-electron chi connectivity index (χ4n) is 3.67. The zero-order valence-electron chi connectivity index (χ0n) is 15.8. The molecule has 1 aliphatic rings. The van der Waals surface area contributed by atoms with Crippen LogP contribution in [0, 0.1) is 13.8 Å². The third-order valence-corrected chi connectivity index (χ3v) is 5.42. The number of nitrogens with one attached hydrogen (secondary N) is 1. The Morgan fingerprint density at radius 1 is 0.963 bits per heavy atom. The van der Waals surface area contributed by atoms with Gasteiger partial charge >= 0.3 is 0 Å². The third kappa shape index (κ3) is 3.33. The first-order valence-corrected chi connectivity index (χ1v) is 9.34. The van der Waals surface area contributed by atoms with Crippen molar-refractivity contribution in [2.75, 3.05) is 31.1 Å². The molecule has 1 aromatic heterocycles. The van der Waals surface area contributed by atoms with Crippen molar-refractivity contribution >= 4 is 11.6 Å². The van der Waals surface area contributed by atoms with Gasteiger partial charge in [0.15, 0.2) is 0 Å². The molecule has 0 spiro atoms. The largest absolute Gasteiger partial charge is 0.368 e. The molecular weight excluding hydrogens is 336 g/mol. The second-order valence-electron chi connectivity index (χ2n) is 7.02. The third-order valence-electron chi connectivity index (χ3n) is 5.42. The van der Waals surface area contributed by atoms with Crippen LogP contribution in [-0.2, 0) is 0 Å². The van der Waals surface area contributed by atoms with E-state index in [2.05, 4.69) is 47.1 Å². The number of hydrogen-bond donors (Lipinski definition) is 1. The molecule has 1 amide bonds. The fourth-order valence-corrected chi connectivity index (χ4v) is 3.67. The number of aromatic amines is 1. The van der Waals surface area contributed by atoms with E-state index in [4.69, 9.17) is 0 Å². The Morgan fingerprint density at radius 3 is 2.44 bits per heavy atom. The highest BCUT2D eigenvalue weighted by Crippen LogP contribution is 2.26. The van der Waals surface area contributed by atoms with Gasteiger partial charge < -0.3 is 9.80 Å². The number of hydrogen-bond acceptors (Lipinski definition) is 3. The van der Waals surface area contributed by atoms with Crippen molar-refractivity contribution in [2.24, 2.45) is 0 Å². The van der Waals surface area contributed by atoms with Crippen molar-refractivity contribution < 1.29 is 4.79 Å². The minimum absolute atomic E-state index is 0.0446. The average Bonchev–Trinajstić information content (AvgIpc) is 3.20. The van der Waals surface area contributed by atoms with Crippen molar-refractivity contribution in [2.45, 2.75) is 13.8 Å². The molecule has 1 saturated heterocycles. The molecule has 0 saturated carbocycles. The van der Waals surface area contributed by atoms with Crippen LogP contribution in [0.25, 0.3) is 11.3 Å². The van der Waals surface area contributed by atoms with E-state index in [1.54, 1.807) is 6.20 Å². The lowest BCUT2D eigenvalue weighted by Gasteiger charge is -2.37. The standard InChI is InChI=1S/C22H24N4O/c1-16-7-6-10-20(17(16)2)25-11-13-26(14-12-25)22(27)19-15-23-24-21(19)18-8-4-3-5-9-18/h3-10,15H,11-14H2,1-2H3,(H,23,24). The quantitative estimate of drug-likeness (QED) is 0.776. The van der Waals surface area contributed by atoms with E-state index < -0.39 is 0 Å². The Labute approximate surface area is 159 Å². The predicted molar refractivity (Wildman–Crippen MR) is 108 cm³/mol. The van der Waals surface area contributed by atoms with Crippen LogP contribution in [0.15, 0.2) is 54.7 Å². The maximum Gasteiger partial charge on any atom is 0.257 e. The Morgan fingerprint density at radius 2 is 1.70 bits per heavy atom. The first-order valence-electron chi connectivity index (χ1n) is 9.34. The SMILES string of the molecule is Cc1cccc(N2CCN(C(=O)c3cn[nH]c3-c3ccccc3)CC2)c1C. The zero-order chi connectivity index (χ0) is 18.8. The van der Waals surface area contributed by atoms with Crippen LogP contribution >= 0.6 is 0 Å². The molecule has 1 N–H and O–H groups in total. The molecule has 0 atom stereocenters. The summed E-state index contributed by atoms with van der Waals surface area (Å²) in [5.74, 6) is 0.0446. The second kappa shape index (κ2) is 7.27. The van der Waals surface area contributed by atoms with E-state index >= 15 is 0 Å². The topological polar surface area (TPSA) is 52.2 Å². The molecule has 138 valence electrons. The highest BCUT2D eigenvalue weighted by Gasteiger charge is 2.26. The van der Waals surface area contributed by atoms with Gasteiger partial charge in [0.1, 0.15) is 0 Å². The van der Waals surface area contributed by atoms with Gasteiger partial charge in [-0.05, 0) is 31.0 Å². The van der Waals surface area contributed by atoms with Crippen molar-refractivity contribution in [3.05, 3.63) is 71.4 Å². The number of benzene rings is 2. The maximum absolute atomic E-state index is 13.1. The summed E-state index contributed by atoms with van der Waals surface area (Å²) in [6.45, 7) is 7.42. The van der Waals surface area contributed by atoms with Gasteiger partial charge in [-0.1, -0.05) is 42.5 Å². The number of anilines is 1. The number of aromatic nitrogens is 2. The molecule has 5 nitrogen and oxygen atoms in total. The molecule has 1 aliphatic heterocycles. The number of rotatable bonds is 3. The van der Waals surface area contributed by atoms with E-state index in [0.717, 1.165) is 24.3 Å². The highest BCUT2D eigenvalue weighted by molar-refractivity contribution is 5.99. The number of aryl methyl sites for hydroxylation is 1. The predicted octanol–water partition coefficient (Wildman–Crippen LogP) is 3.66. The van der Waals surface area contributed by atoms with Gasteiger partial charge in [0, 0.05) is 37.4 Å². The number of H-pyrrole nitrogens is 1. The Kier molecular flexibility index (Phi) is 4.67. The second-order valence-corrected chi connectivity index (χ2v) is 7.02. The van der Waals surface area contributed by atoms with E-state index in [1.807, 2.05) is 35.2 Å².